The van der Waals surface area contributed by atoms with E-state index in [-0.39, 0.29) is 5.69 Å². The molecule has 1 aromatic heterocycles. The van der Waals surface area contributed by atoms with Gasteiger partial charge in [0.1, 0.15) is 6.07 Å². The number of carbonyl (C=O) groups is 1. The van der Waals surface area contributed by atoms with Crippen molar-refractivity contribution in [3.8, 4) is 6.07 Å². The van der Waals surface area contributed by atoms with Crippen LogP contribution >= 0.6 is 15.9 Å². The summed E-state index contributed by atoms with van der Waals surface area (Å²) in [7, 11) is 1.26. The van der Waals surface area contributed by atoms with Gasteiger partial charge < -0.3 is 4.74 Å². The third-order valence-corrected chi connectivity index (χ3v) is 2.19. The molecule has 0 spiro atoms. The zero-order chi connectivity index (χ0) is 9.84. The van der Waals surface area contributed by atoms with Gasteiger partial charge >= 0.3 is 5.97 Å². The fraction of sp³-hybridized carbons (Fsp3) is 0.125. The maximum atomic E-state index is 11.1. The van der Waals surface area contributed by atoms with Crippen LogP contribution in [0.15, 0.2) is 16.7 Å². The zero-order valence-corrected chi connectivity index (χ0v) is 8.33. The van der Waals surface area contributed by atoms with Gasteiger partial charge in [0.25, 0.3) is 0 Å². The number of ether oxygens (including phenoxy) is 1. The Morgan fingerprint density at radius 1 is 1.77 bits per heavy atom. The van der Waals surface area contributed by atoms with Crippen molar-refractivity contribution in [2.24, 2.45) is 0 Å². The number of nitrogens with zero attached hydrogens (tertiary/aromatic N) is 2. The van der Waals surface area contributed by atoms with Crippen LogP contribution in [0.3, 0.4) is 0 Å². The summed E-state index contributed by atoms with van der Waals surface area (Å²) in [6.07, 6.45) is 1.38. The van der Waals surface area contributed by atoms with Gasteiger partial charge in [0.2, 0.25) is 0 Å². The number of rotatable bonds is 1. The average molecular weight is 241 g/mol. The van der Waals surface area contributed by atoms with Crippen molar-refractivity contribution in [2.75, 3.05) is 7.11 Å². The summed E-state index contributed by atoms with van der Waals surface area (Å²) < 4.78 is 4.84. The number of methoxy groups -OCH3 is 1. The molecule has 0 saturated heterocycles. The van der Waals surface area contributed by atoms with Crippen LogP contribution in [0, 0.1) is 11.3 Å². The van der Waals surface area contributed by atoms with Crippen molar-refractivity contribution >= 4 is 21.9 Å². The highest BCUT2D eigenvalue weighted by molar-refractivity contribution is 9.10. The van der Waals surface area contributed by atoms with Crippen LogP contribution in [0.4, 0.5) is 0 Å². The monoisotopic (exact) mass is 240 g/mol. The third-order valence-electron chi connectivity index (χ3n) is 1.39. The molecule has 0 aromatic carbocycles. The van der Waals surface area contributed by atoms with E-state index in [4.69, 9.17) is 5.26 Å². The number of pyridine rings is 1. The number of esters is 1. The van der Waals surface area contributed by atoms with E-state index in [1.54, 1.807) is 0 Å². The van der Waals surface area contributed by atoms with Crippen LogP contribution in [0.2, 0.25) is 0 Å². The molecular formula is C8H5BrN2O2. The van der Waals surface area contributed by atoms with Gasteiger partial charge in [-0.05, 0) is 22.0 Å². The molecule has 0 aliphatic heterocycles. The summed E-state index contributed by atoms with van der Waals surface area (Å²) >= 11 is 3.10. The average Bonchev–Trinajstić information content (AvgIpc) is 2.17. The van der Waals surface area contributed by atoms with Gasteiger partial charge in [-0.15, -0.1) is 0 Å². The van der Waals surface area contributed by atoms with Crippen molar-refractivity contribution < 1.29 is 9.53 Å². The van der Waals surface area contributed by atoms with Gasteiger partial charge in [0.15, 0.2) is 5.69 Å². The molecule has 0 unspecified atom stereocenters. The van der Waals surface area contributed by atoms with Crippen LogP contribution in [-0.2, 0) is 4.74 Å². The van der Waals surface area contributed by atoms with Crippen LogP contribution in [-0.4, -0.2) is 18.1 Å². The van der Waals surface area contributed by atoms with Gasteiger partial charge in [-0.1, -0.05) is 0 Å². The van der Waals surface area contributed by atoms with Gasteiger partial charge in [0.05, 0.1) is 17.1 Å². The van der Waals surface area contributed by atoms with Gasteiger partial charge in [-0.2, -0.15) is 5.26 Å². The number of hydrogen-bond acceptors (Lipinski definition) is 4. The van der Waals surface area contributed by atoms with Gasteiger partial charge in [0, 0.05) is 6.20 Å². The van der Waals surface area contributed by atoms with E-state index in [0.717, 1.165) is 0 Å². The first-order valence-electron chi connectivity index (χ1n) is 3.33. The summed E-state index contributed by atoms with van der Waals surface area (Å²) in [5.74, 6) is -0.566. The molecule has 0 amide bonds. The van der Waals surface area contributed by atoms with Crippen molar-refractivity contribution in [1.82, 2.24) is 4.98 Å². The molecule has 0 radical (unpaired) electrons. The van der Waals surface area contributed by atoms with Crippen molar-refractivity contribution in [1.29, 1.82) is 5.26 Å². The molecular weight excluding hydrogens is 236 g/mol. The molecule has 1 heterocycles. The second-order valence-electron chi connectivity index (χ2n) is 2.12. The van der Waals surface area contributed by atoms with E-state index in [2.05, 4.69) is 25.7 Å². The van der Waals surface area contributed by atoms with E-state index in [1.165, 1.54) is 19.4 Å². The molecule has 4 nitrogen and oxygen atoms in total. The molecule has 5 heteroatoms. The first-order valence-corrected chi connectivity index (χ1v) is 4.13. The molecule has 0 fully saturated rings. The maximum Gasteiger partial charge on any atom is 0.357 e. The molecule has 0 aliphatic rings. The Bertz CT molecular complexity index is 384. The molecule has 0 atom stereocenters. The molecule has 66 valence electrons. The molecule has 0 saturated carbocycles. The van der Waals surface area contributed by atoms with Gasteiger partial charge in [-0.25, -0.2) is 9.78 Å². The fourth-order valence-corrected chi connectivity index (χ4v) is 1.25. The summed E-state index contributed by atoms with van der Waals surface area (Å²) in [6.45, 7) is 0. The van der Waals surface area contributed by atoms with Crippen LogP contribution < -0.4 is 0 Å². The lowest BCUT2D eigenvalue weighted by Crippen LogP contribution is -2.05. The summed E-state index contributed by atoms with van der Waals surface area (Å²) in [5, 5.41) is 8.64. The standard InChI is InChI=1S/C8H5BrN2O2/c1-13-8(12)7-6(9)5(4-10)2-3-11-7/h2-3H,1H3. The Labute approximate surface area is 83.3 Å². The Morgan fingerprint density at radius 2 is 2.46 bits per heavy atom. The number of hydrogen-bond donors (Lipinski definition) is 0. The molecule has 0 N–H and O–H groups in total. The summed E-state index contributed by atoms with van der Waals surface area (Å²) in [5.41, 5.74) is 0.469. The minimum atomic E-state index is -0.566. The lowest BCUT2D eigenvalue weighted by atomic mass is 10.2. The smallest absolute Gasteiger partial charge is 0.357 e. The largest absolute Gasteiger partial charge is 0.464 e. The Kier molecular flexibility index (Phi) is 2.98. The SMILES string of the molecule is COC(=O)c1nccc(C#N)c1Br. The molecule has 13 heavy (non-hydrogen) atoms. The van der Waals surface area contributed by atoms with Crippen LogP contribution in [0.5, 0.6) is 0 Å². The Morgan fingerprint density at radius 3 is 3.00 bits per heavy atom. The first kappa shape index (κ1) is 9.68. The van der Waals surface area contributed by atoms with E-state index in [0.29, 0.717) is 10.0 Å². The predicted molar refractivity (Wildman–Crippen MR) is 48.0 cm³/mol. The lowest BCUT2D eigenvalue weighted by molar-refractivity contribution is 0.0593. The third kappa shape index (κ3) is 1.84. The molecule has 1 aromatic rings. The zero-order valence-electron chi connectivity index (χ0n) is 6.74. The number of halogens is 1. The van der Waals surface area contributed by atoms with E-state index in [9.17, 15) is 4.79 Å². The summed E-state index contributed by atoms with van der Waals surface area (Å²) in [6, 6.07) is 3.43. The van der Waals surface area contributed by atoms with Crippen LogP contribution in [0.1, 0.15) is 16.1 Å². The Hall–Kier alpha value is -1.41. The lowest BCUT2D eigenvalue weighted by Gasteiger charge is -2.01. The van der Waals surface area contributed by atoms with E-state index < -0.39 is 5.97 Å². The highest BCUT2D eigenvalue weighted by atomic mass is 79.9. The summed E-state index contributed by atoms with van der Waals surface area (Å²) in [4.78, 5) is 14.9. The molecule has 0 aliphatic carbocycles. The first-order chi connectivity index (χ1) is 6.20. The second-order valence-corrected chi connectivity index (χ2v) is 2.92. The Balaban J connectivity index is 3.25. The number of nitriles is 1. The number of carbonyl (C=O) groups excluding carboxylic acids is 1. The highest BCUT2D eigenvalue weighted by Crippen LogP contribution is 2.19. The normalized spacial score (nSPS) is 9.00. The predicted octanol–water partition coefficient (Wildman–Crippen LogP) is 1.50. The topological polar surface area (TPSA) is 63.0 Å². The maximum absolute atomic E-state index is 11.1. The highest BCUT2D eigenvalue weighted by Gasteiger charge is 2.14. The van der Waals surface area contributed by atoms with Crippen molar-refractivity contribution in [3.05, 3.63) is 28.0 Å². The minimum Gasteiger partial charge on any atom is -0.464 e. The molecule has 1 rings (SSSR count). The van der Waals surface area contributed by atoms with Crippen molar-refractivity contribution in [2.45, 2.75) is 0 Å². The quantitative estimate of drug-likeness (QED) is 0.699. The fourth-order valence-electron chi connectivity index (χ4n) is 0.769. The van der Waals surface area contributed by atoms with Gasteiger partial charge in [-0.3, -0.25) is 0 Å². The van der Waals surface area contributed by atoms with E-state index >= 15 is 0 Å². The minimum absolute atomic E-state index is 0.113. The molecule has 0 bridgehead atoms. The van der Waals surface area contributed by atoms with Crippen LogP contribution in [0.25, 0.3) is 0 Å². The second kappa shape index (κ2) is 4.01. The van der Waals surface area contributed by atoms with Crippen molar-refractivity contribution in [3.63, 3.8) is 0 Å². The van der Waals surface area contributed by atoms with E-state index in [1.807, 2.05) is 6.07 Å². The number of aromatic nitrogens is 1.